The summed E-state index contributed by atoms with van der Waals surface area (Å²) in [4.78, 5) is 22.8. The molecule has 2 N–H and O–H groups in total. The number of rotatable bonds is 2. The maximum atomic E-state index is 11.8. The number of nitrogens with zero attached hydrogens (tertiary/aromatic N) is 3. The highest BCUT2D eigenvalue weighted by atomic mass is 16.1. The molecule has 0 aliphatic rings. The van der Waals surface area contributed by atoms with E-state index in [9.17, 15) is 4.79 Å². The minimum Gasteiger partial charge on any atom is -0.304 e. The van der Waals surface area contributed by atoms with Crippen molar-refractivity contribution in [2.24, 2.45) is 0 Å². The predicted octanol–water partition coefficient (Wildman–Crippen LogP) is 0.987. The Labute approximate surface area is 92.2 Å². The summed E-state index contributed by atoms with van der Waals surface area (Å²) in [6, 6.07) is 0. The maximum Gasteiger partial charge on any atom is 0.254 e. The van der Waals surface area contributed by atoms with Crippen LogP contribution in [0.5, 0.6) is 0 Å². The van der Waals surface area contributed by atoms with E-state index in [0.717, 1.165) is 5.69 Å². The first-order chi connectivity index (χ1) is 7.59. The number of aryl methyl sites for hydroxylation is 1. The van der Waals surface area contributed by atoms with Gasteiger partial charge in [-0.1, -0.05) is 13.8 Å². The van der Waals surface area contributed by atoms with Crippen molar-refractivity contribution in [1.82, 2.24) is 25.1 Å². The molecule has 84 valence electrons. The normalized spacial score (nSPS) is 11.0. The van der Waals surface area contributed by atoms with Crippen LogP contribution in [0, 0.1) is 6.92 Å². The lowest BCUT2D eigenvalue weighted by Crippen LogP contribution is -2.18. The van der Waals surface area contributed by atoms with Crippen LogP contribution in [0.4, 0.5) is 0 Å². The van der Waals surface area contributed by atoms with E-state index in [-0.39, 0.29) is 11.5 Å². The van der Waals surface area contributed by atoms with Crippen LogP contribution in [0.15, 0.2) is 11.1 Å². The van der Waals surface area contributed by atoms with Gasteiger partial charge in [0, 0.05) is 11.3 Å². The zero-order chi connectivity index (χ0) is 11.7. The summed E-state index contributed by atoms with van der Waals surface area (Å²) in [7, 11) is 0. The van der Waals surface area contributed by atoms with Crippen LogP contribution in [-0.2, 0) is 0 Å². The average molecular weight is 219 g/mol. The molecule has 2 aromatic rings. The molecule has 0 spiro atoms. The fraction of sp³-hybridized carbons (Fsp3) is 0.400. The van der Waals surface area contributed by atoms with Gasteiger partial charge in [-0.15, -0.1) is 0 Å². The number of hydrogen-bond acceptors (Lipinski definition) is 4. The van der Waals surface area contributed by atoms with Gasteiger partial charge in [-0.05, 0) is 12.8 Å². The lowest BCUT2D eigenvalue weighted by Gasteiger charge is -2.08. The molecule has 0 unspecified atom stereocenters. The summed E-state index contributed by atoms with van der Waals surface area (Å²) in [5.41, 5.74) is 1.32. The van der Waals surface area contributed by atoms with Crippen LogP contribution in [0.2, 0.25) is 0 Å². The molecular formula is C10H13N5O. The molecule has 2 rings (SSSR count). The molecule has 2 aromatic heterocycles. The standard InChI is InChI=1S/C10H13N5O/c1-5(2)7-6(3)13-9(14-10(7)16)8-11-4-12-15-8/h4-5H,1-3H3,(H,11,12,15)(H,13,14,16). The van der Waals surface area contributed by atoms with Crippen LogP contribution in [0.1, 0.15) is 31.0 Å². The number of aromatic amines is 2. The lowest BCUT2D eigenvalue weighted by atomic mass is 10.0. The highest BCUT2D eigenvalue weighted by molar-refractivity contribution is 5.42. The Morgan fingerprint density at radius 2 is 2.06 bits per heavy atom. The first-order valence-corrected chi connectivity index (χ1v) is 5.06. The Morgan fingerprint density at radius 1 is 1.31 bits per heavy atom. The molecule has 0 atom stereocenters. The van der Waals surface area contributed by atoms with E-state index in [1.165, 1.54) is 6.33 Å². The molecule has 0 aliphatic carbocycles. The topological polar surface area (TPSA) is 87.3 Å². The van der Waals surface area contributed by atoms with E-state index in [4.69, 9.17) is 0 Å². The molecule has 0 radical (unpaired) electrons. The second kappa shape index (κ2) is 3.88. The van der Waals surface area contributed by atoms with Crippen molar-refractivity contribution in [2.45, 2.75) is 26.7 Å². The molecule has 0 amide bonds. The van der Waals surface area contributed by atoms with E-state index in [1.807, 2.05) is 20.8 Å². The highest BCUT2D eigenvalue weighted by Crippen LogP contribution is 2.14. The molecule has 6 nitrogen and oxygen atoms in total. The minimum absolute atomic E-state index is 0.117. The van der Waals surface area contributed by atoms with Crippen LogP contribution in [-0.4, -0.2) is 25.1 Å². The van der Waals surface area contributed by atoms with Crippen LogP contribution in [0.3, 0.4) is 0 Å². The molecule has 0 saturated heterocycles. The second-order valence-electron chi connectivity index (χ2n) is 3.90. The monoisotopic (exact) mass is 219 g/mol. The Bertz CT molecular complexity index is 541. The number of nitrogens with one attached hydrogen (secondary N) is 2. The zero-order valence-electron chi connectivity index (χ0n) is 9.40. The highest BCUT2D eigenvalue weighted by Gasteiger charge is 2.13. The summed E-state index contributed by atoms with van der Waals surface area (Å²) >= 11 is 0. The van der Waals surface area contributed by atoms with Crippen molar-refractivity contribution in [3.05, 3.63) is 27.9 Å². The van der Waals surface area contributed by atoms with Crippen molar-refractivity contribution >= 4 is 0 Å². The third-order valence-corrected chi connectivity index (χ3v) is 2.36. The van der Waals surface area contributed by atoms with Gasteiger partial charge in [0.05, 0.1) is 0 Å². The summed E-state index contributed by atoms with van der Waals surface area (Å²) in [5.74, 6) is 1.04. The molecule has 16 heavy (non-hydrogen) atoms. The van der Waals surface area contributed by atoms with Crippen LogP contribution in [0.25, 0.3) is 11.6 Å². The van der Waals surface area contributed by atoms with Gasteiger partial charge >= 0.3 is 0 Å². The van der Waals surface area contributed by atoms with Crippen molar-refractivity contribution in [3.63, 3.8) is 0 Å². The summed E-state index contributed by atoms with van der Waals surface area (Å²) in [5, 5.41) is 6.38. The summed E-state index contributed by atoms with van der Waals surface area (Å²) < 4.78 is 0. The fourth-order valence-corrected chi connectivity index (χ4v) is 1.71. The number of aromatic nitrogens is 5. The SMILES string of the molecule is Cc1nc(-c2ncn[nH]2)[nH]c(=O)c1C(C)C. The maximum absolute atomic E-state index is 11.8. The van der Waals surface area contributed by atoms with Gasteiger partial charge < -0.3 is 4.98 Å². The molecule has 2 heterocycles. The molecule has 6 heteroatoms. The average Bonchev–Trinajstić information content (AvgIpc) is 2.67. The predicted molar refractivity (Wildman–Crippen MR) is 59.1 cm³/mol. The molecule has 0 fully saturated rings. The summed E-state index contributed by atoms with van der Waals surface area (Å²) in [6.07, 6.45) is 1.38. The van der Waals surface area contributed by atoms with E-state index in [1.54, 1.807) is 0 Å². The number of hydrogen-bond donors (Lipinski definition) is 2. The molecule has 0 aromatic carbocycles. The third-order valence-electron chi connectivity index (χ3n) is 2.36. The fourth-order valence-electron chi connectivity index (χ4n) is 1.71. The first kappa shape index (κ1) is 10.5. The van der Waals surface area contributed by atoms with Gasteiger partial charge in [0.25, 0.3) is 5.56 Å². The molecule has 0 bridgehead atoms. The minimum atomic E-state index is -0.117. The van der Waals surface area contributed by atoms with E-state index < -0.39 is 0 Å². The zero-order valence-corrected chi connectivity index (χ0v) is 9.40. The molecule has 0 aliphatic heterocycles. The van der Waals surface area contributed by atoms with Crippen molar-refractivity contribution < 1.29 is 0 Å². The smallest absolute Gasteiger partial charge is 0.254 e. The van der Waals surface area contributed by atoms with E-state index in [2.05, 4.69) is 25.1 Å². The Balaban J connectivity index is 2.58. The Morgan fingerprint density at radius 3 is 2.56 bits per heavy atom. The second-order valence-corrected chi connectivity index (χ2v) is 3.90. The van der Waals surface area contributed by atoms with Gasteiger partial charge in [-0.2, -0.15) is 5.10 Å². The van der Waals surface area contributed by atoms with Crippen molar-refractivity contribution in [2.75, 3.05) is 0 Å². The van der Waals surface area contributed by atoms with Crippen molar-refractivity contribution in [3.8, 4) is 11.6 Å². The van der Waals surface area contributed by atoms with E-state index >= 15 is 0 Å². The van der Waals surface area contributed by atoms with Gasteiger partial charge in [0.1, 0.15) is 6.33 Å². The van der Waals surface area contributed by atoms with Crippen molar-refractivity contribution in [1.29, 1.82) is 0 Å². The van der Waals surface area contributed by atoms with Gasteiger partial charge in [0.15, 0.2) is 11.6 Å². The lowest BCUT2D eigenvalue weighted by molar-refractivity contribution is 0.813. The first-order valence-electron chi connectivity index (χ1n) is 5.06. The largest absolute Gasteiger partial charge is 0.304 e. The number of H-pyrrole nitrogens is 2. The van der Waals surface area contributed by atoms with E-state index in [0.29, 0.717) is 17.2 Å². The van der Waals surface area contributed by atoms with Crippen LogP contribution < -0.4 is 5.56 Å². The summed E-state index contributed by atoms with van der Waals surface area (Å²) in [6.45, 7) is 5.76. The van der Waals surface area contributed by atoms with Crippen LogP contribution >= 0.6 is 0 Å². The quantitative estimate of drug-likeness (QED) is 0.788. The van der Waals surface area contributed by atoms with Gasteiger partial charge in [-0.3, -0.25) is 9.89 Å². The Kier molecular flexibility index (Phi) is 2.55. The molecular weight excluding hydrogens is 206 g/mol. The van der Waals surface area contributed by atoms with Gasteiger partial charge in [-0.25, -0.2) is 9.97 Å². The third kappa shape index (κ3) is 1.73. The molecule has 0 saturated carbocycles. The Hall–Kier alpha value is -1.98. The van der Waals surface area contributed by atoms with Gasteiger partial charge in [0.2, 0.25) is 0 Å².